The summed E-state index contributed by atoms with van der Waals surface area (Å²) in [5, 5.41) is 3.57. The van der Waals surface area contributed by atoms with Gasteiger partial charge in [-0.2, -0.15) is 0 Å². The third kappa shape index (κ3) is 22.7. The summed E-state index contributed by atoms with van der Waals surface area (Å²) in [6.07, 6.45) is 47.5. The van der Waals surface area contributed by atoms with E-state index in [0.717, 1.165) is 111 Å². The molecule has 6 aliphatic rings. The lowest BCUT2D eigenvalue weighted by Gasteiger charge is -2.32. The molecule has 0 radical (unpaired) electrons. The van der Waals surface area contributed by atoms with Crippen LogP contribution in [0.3, 0.4) is 0 Å². The van der Waals surface area contributed by atoms with Crippen LogP contribution in [0, 0.1) is 29.1 Å². The molecule has 5 aromatic carbocycles. The molecule has 27 heteroatoms. The van der Waals surface area contributed by atoms with Gasteiger partial charge in [0.25, 0.3) is 0 Å². The van der Waals surface area contributed by atoms with E-state index in [1.807, 2.05) is 109 Å². The average Bonchev–Trinajstić information content (AvgIpc) is 1.62. The molecule has 123 heavy (non-hydrogen) atoms. The van der Waals surface area contributed by atoms with Crippen molar-refractivity contribution in [2.24, 2.45) is 28.2 Å². The predicted octanol–water partition coefficient (Wildman–Crippen LogP) is 24.8. The first kappa shape index (κ1) is 89.7. The van der Waals surface area contributed by atoms with Gasteiger partial charge in [0.15, 0.2) is 0 Å². The van der Waals surface area contributed by atoms with Crippen molar-refractivity contribution in [1.29, 1.82) is 0 Å². The molecule has 9 heterocycles. The monoisotopic (exact) mass is 1750 g/mol. The molecule has 8 aromatic heterocycles. The number of aryl methyl sites for hydroxylation is 4. The number of nitrogen functional groups attached to an aromatic ring is 2. The van der Waals surface area contributed by atoms with Crippen molar-refractivity contribution < 1.29 is 31.3 Å². The third-order valence-electron chi connectivity index (χ3n) is 23.9. The second-order valence-electron chi connectivity index (χ2n) is 33.1. The smallest absolute Gasteiger partial charge is 0.400 e. The van der Waals surface area contributed by atoms with E-state index in [1.54, 1.807) is 102 Å². The topological polar surface area (TPSA) is 212 Å². The fourth-order valence-electron chi connectivity index (χ4n) is 15.8. The SMILES string of the molecule is CC1(C)OB(C2=CCCCC2)OC1(C)C.CN(c1cc2c(cn1)ncn2C)c1ccc(C2=CCCCC2)cc1F.CN(c1cc2c(cn1)ncn2C)c1ccc(C2CCCCC2)cc1F.Cn1cnc2cnc(Cl)cc21.Cn1cnc2cnc(Nc3ccc(C4=CCCCC4)cc3F)cc21.Nc1ccc(Br)cc1F.Nc1ccc(C2=CCCCC2)cc1F. The van der Waals surface area contributed by atoms with Gasteiger partial charge in [-0.25, -0.2) is 61.8 Å². The van der Waals surface area contributed by atoms with Crippen molar-refractivity contribution in [3.8, 4) is 0 Å². The zero-order valence-electron chi connectivity index (χ0n) is 71.8. The van der Waals surface area contributed by atoms with Crippen molar-refractivity contribution in [3.63, 3.8) is 0 Å². The first-order valence-electron chi connectivity index (χ1n) is 42.4. The number of fused-ring (bicyclic) bond motifs is 4. The predicted molar refractivity (Wildman–Crippen MR) is 495 cm³/mol. The molecule has 2 fully saturated rings. The summed E-state index contributed by atoms with van der Waals surface area (Å²) < 4.78 is 90.1. The summed E-state index contributed by atoms with van der Waals surface area (Å²) in [5.41, 5.74) is 28.6. The Hall–Kier alpha value is -11.1. The van der Waals surface area contributed by atoms with Gasteiger partial charge in [-0.15, -0.1) is 0 Å². The van der Waals surface area contributed by atoms with Gasteiger partial charge in [0.05, 0.1) is 112 Å². The maximum atomic E-state index is 14.8. The zero-order valence-corrected chi connectivity index (χ0v) is 74.1. The molecular formula is C96H109BBrClF5N17O2. The minimum absolute atomic E-state index is 0.102. The summed E-state index contributed by atoms with van der Waals surface area (Å²) in [5.74, 6) is 1.15. The highest BCUT2D eigenvalue weighted by atomic mass is 79.9. The number of rotatable bonds is 11. The number of nitrogens with two attached hydrogens (primary N) is 2. The summed E-state index contributed by atoms with van der Waals surface area (Å²) >= 11 is 8.80. The van der Waals surface area contributed by atoms with Crippen molar-refractivity contribution in [2.75, 3.05) is 40.7 Å². The lowest BCUT2D eigenvalue weighted by molar-refractivity contribution is 0.00578. The van der Waals surface area contributed by atoms with E-state index in [2.05, 4.69) is 119 Å². The Kier molecular flexibility index (Phi) is 29.9. The highest BCUT2D eigenvalue weighted by Crippen LogP contribution is 2.42. The van der Waals surface area contributed by atoms with Crippen molar-refractivity contribution in [2.45, 2.75) is 180 Å². The van der Waals surface area contributed by atoms with Crippen LogP contribution in [0.2, 0.25) is 5.15 Å². The Bertz CT molecular complexity index is 5970. The Morgan fingerprint density at radius 3 is 1.30 bits per heavy atom. The molecule has 5 aliphatic carbocycles. The second-order valence-corrected chi connectivity index (χ2v) is 34.4. The minimum Gasteiger partial charge on any atom is -0.400 e. The lowest BCUT2D eigenvalue weighted by Crippen LogP contribution is -2.41. The van der Waals surface area contributed by atoms with Gasteiger partial charge < -0.3 is 54.2 Å². The number of allylic oxidation sites excluding steroid dienone is 8. The fraction of sp³-hybridized carbons (Fsp3) is 0.354. The van der Waals surface area contributed by atoms with Crippen LogP contribution in [-0.4, -0.2) is 90.6 Å². The van der Waals surface area contributed by atoms with E-state index in [4.69, 9.17) is 32.4 Å². The van der Waals surface area contributed by atoms with Gasteiger partial charge in [0, 0.05) is 71.0 Å². The third-order valence-corrected chi connectivity index (χ3v) is 24.6. The molecule has 13 aromatic rings. The molecule has 0 amide bonds. The van der Waals surface area contributed by atoms with E-state index in [-0.39, 0.29) is 58.8 Å². The van der Waals surface area contributed by atoms with Gasteiger partial charge in [-0.1, -0.05) is 95.4 Å². The molecule has 19 rings (SSSR count). The molecule has 642 valence electrons. The Labute approximate surface area is 730 Å². The molecule has 1 saturated carbocycles. The van der Waals surface area contributed by atoms with Crippen LogP contribution >= 0.6 is 27.5 Å². The summed E-state index contributed by atoms with van der Waals surface area (Å²) in [7, 11) is 11.3. The fourth-order valence-corrected chi connectivity index (χ4v) is 16.3. The number of nitrogens with one attached hydrogen (secondary N) is 1. The van der Waals surface area contributed by atoms with Gasteiger partial charge in [-0.05, 0) is 260 Å². The maximum Gasteiger partial charge on any atom is 0.490 e. The number of nitrogens with zero attached hydrogens (tertiary/aromatic N) is 14. The van der Waals surface area contributed by atoms with E-state index < -0.39 is 0 Å². The van der Waals surface area contributed by atoms with E-state index in [1.165, 1.54) is 130 Å². The van der Waals surface area contributed by atoms with Crippen LogP contribution in [0.4, 0.5) is 67.8 Å². The minimum atomic E-state index is -0.385. The quantitative estimate of drug-likeness (QED) is 0.0476. The molecule has 0 unspecified atom stereocenters. The summed E-state index contributed by atoms with van der Waals surface area (Å²) in [4.78, 5) is 37.5. The standard InChI is InChI=1S/C20H23FN4.C20H21FN4.C19H19FN4.C12H21BO2.C12H14FN.C7H6ClN3.C6H5BrFN/c2*1-24-13-23-17-12-22-20(11-19(17)24)25(2)18-9-8-15(10-16(18)21)14-6-4-3-5-7-14;1-24-12-22-17-11-21-19(10-18(17)24)23-16-8-7-14(9-15(16)20)13-5-3-2-4-6-13;1-11(2)12(3,4)15-13(14-11)10-8-6-5-7-9-10;13-11-8-10(6-7-12(11)14)9-4-2-1-3-5-9;1-11-4-10-5-3-9-7(8)2-6(5)11;7-4-1-2-6(9)5(8)3-4/h8-14H,3-7H2,1-2H3;6,8-13H,3-5,7H2,1-2H3;5,7-12H,2-4,6H2,1H3,(H,21,23);8H,5-7,9H2,1-4H3;4,6-8H,1-3,5,14H2;2-4H,1H3;1-3H,9H2. The van der Waals surface area contributed by atoms with Crippen LogP contribution in [0.1, 0.15) is 191 Å². The Balaban J connectivity index is 0.000000127. The maximum absolute atomic E-state index is 14.8. The zero-order chi connectivity index (χ0) is 87.1. The highest BCUT2D eigenvalue weighted by molar-refractivity contribution is 9.10. The molecular weight excluding hydrogens is 1640 g/mol. The van der Waals surface area contributed by atoms with Crippen molar-refractivity contribution in [1.82, 2.24) is 58.1 Å². The van der Waals surface area contributed by atoms with E-state index >= 15 is 0 Å². The normalized spacial score (nSPS) is 16.1. The van der Waals surface area contributed by atoms with E-state index in [0.29, 0.717) is 50.1 Å². The molecule has 19 nitrogen and oxygen atoms in total. The van der Waals surface area contributed by atoms with E-state index in [9.17, 15) is 22.0 Å². The molecule has 0 atom stereocenters. The first-order chi connectivity index (χ1) is 59.1. The first-order valence-corrected chi connectivity index (χ1v) is 43.6. The number of benzene rings is 5. The van der Waals surface area contributed by atoms with Crippen LogP contribution < -0.4 is 26.6 Å². The van der Waals surface area contributed by atoms with Gasteiger partial charge >= 0.3 is 7.12 Å². The molecule has 0 spiro atoms. The van der Waals surface area contributed by atoms with Crippen LogP contribution in [0.25, 0.3) is 60.9 Å². The number of halogens is 7. The van der Waals surface area contributed by atoms with Gasteiger partial charge in [-0.3, -0.25) is 0 Å². The highest BCUT2D eigenvalue weighted by Gasteiger charge is 2.52. The number of aromatic nitrogens is 12. The molecule has 1 aliphatic heterocycles. The number of pyridine rings is 4. The average molecular weight is 1750 g/mol. The number of hydrogen-bond acceptors (Lipinski definition) is 15. The number of imidazole rings is 4. The second kappa shape index (κ2) is 41.0. The Morgan fingerprint density at radius 2 is 0.854 bits per heavy atom. The molecule has 0 bridgehead atoms. The Morgan fingerprint density at radius 1 is 0.439 bits per heavy atom. The van der Waals surface area contributed by atoms with Crippen molar-refractivity contribution >= 4 is 141 Å². The lowest BCUT2D eigenvalue weighted by atomic mass is 9.73. The van der Waals surface area contributed by atoms with Crippen LogP contribution in [0.15, 0.2) is 200 Å². The number of anilines is 8. The largest absolute Gasteiger partial charge is 0.490 e. The molecule has 1 saturated heterocycles. The van der Waals surface area contributed by atoms with Gasteiger partial charge in [0.2, 0.25) is 0 Å². The van der Waals surface area contributed by atoms with Crippen molar-refractivity contribution in [3.05, 3.63) is 256 Å². The van der Waals surface area contributed by atoms with Crippen LogP contribution in [-0.2, 0) is 37.5 Å². The van der Waals surface area contributed by atoms with Crippen LogP contribution in [0.5, 0.6) is 0 Å². The summed E-state index contributed by atoms with van der Waals surface area (Å²) in [6, 6.07) is 33.7. The summed E-state index contributed by atoms with van der Waals surface area (Å²) in [6.45, 7) is 8.43. The number of hydrogen-bond donors (Lipinski definition) is 3. The molecule has 5 N–H and O–H groups in total. The van der Waals surface area contributed by atoms with Gasteiger partial charge in [0.1, 0.15) is 73.8 Å².